The number of aryl methyl sites for hydroxylation is 1. The quantitative estimate of drug-likeness (QED) is 0.766. The van der Waals surface area contributed by atoms with Gasteiger partial charge in [-0.15, -0.1) is 0 Å². The van der Waals surface area contributed by atoms with E-state index in [1.807, 2.05) is 13.8 Å². The summed E-state index contributed by atoms with van der Waals surface area (Å²) in [5.41, 5.74) is 6.13. The van der Waals surface area contributed by atoms with E-state index < -0.39 is 15.6 Å². The molecule has 3 N–H and O–H groups in total. The van der Waals surface area contributed by atoms with Crippen LogP contribution >= 0.6 is 0 Å². The normalized spacial score (nSPS) is 16.6. The van der Waals surface area contributed by atoms with Crippen molar-refractivity contribution in [2.24, 2.45) is 5.73 Å². The zero-order valence-corrected chi connectivity index (χ0v) is 15.9. The maximum absolute atomic E-state index is 12.6. The molecule has 0 spiro atoms. The fourth-order valence-electron chi connectivity index (χ4n) is 2.83. The highest BCUT2D eigenvalue weighted by Crippen LogP contribution is 2.21. The Bertz CT molecular complexity index is 678. The molecule has 1 fully saturated rings. The van der Waals surface area contributed by atoms with E-state index in [-0.39, 0.29) is 5.91 Å². The third-order valence-electron chi connectivity index (χ3n) is 4.51. The van der Waals surface area contributed by atoms with Crippen molar-refractivity contribution >= 4 is 15.9 Å². The minimum absolute atomic E-state index is 0.0551. The van der Waals surface area contributed by atoms with Gasteiger partial charge >= 0.3 is 0 Å². The summed E-state index contributed by atoms with van der Waals surface area (Å²) in [6.45, 7) is 5.33. The molecule has 0 saturated carbocycles. The first-order valence-corrected chi connectivity index (χ1v) is 10.3. The maximum Gasteiger partial charge on any atom is 0.243 e. The largest absolute Gasteiger partial charge is 0.350 e. The van der Waals surface area contributed by atoms with Crippen LogP contribution in [0.2, 0.25) is 0 Å². The lowest BCUT2D eigenvalue weighted by Gasteiger charge is -2.26. The van der Waals surface area contributed by atoms with E-state index in [2.05, 4.69) is 5.32 Å². The van der Waals surface area contributed by atoms with Crippen molar-refractivity contribution in [1.82, 2.24) is 9.62 Å². The number of hydrogen-bond acceptors (Lipinski definition) is 4. The number of nitrogens with two attached hydrogens (primary N) is 1. The Balaban J connectivity index is 1.94. The van der Waals surface area contributed by atoms with Crippen LogP contribution in [0, 0.1) is 0 Å². The number of nitrogens with zero attached hydrogens (tertiary/aromatic N) is 1. The second-order valence-corrected chi connectivity index (χ2v) is 9.18. The molecular weight excluding hydrogens is 338 g/mol. The molecule has 6 nitrogen and oxygen atoms in total. The summed E-state index contributed by atoms with van der Waals surface area (Å²) < 4.78 is 26.8. The van der Waals surface area contributed by atoms with Crippen LogP contribution in [-0.4, -0.2) is 43.8 Å². The van der Waals surface area contributed by atoms with Crippen molar-refractivity contribution in [1.29, 1.82) is 0 Å². The molecule has 1 aliphatic heterocycles. The smallest absolute Gasteiger partial charge is 0.243 e. The van der Waals surface area contributed by atoms with E-state index >= 15 is 0 Å². The molecule has 1 saturated heterocycles. The number of hydrogen-bond donors (Lipinski definition) is 2. The van der Waals surface area contributed by atoms with E-state index in [1.165, 1.54) is 0 Å². The third-order valence-corrected chi connectivity index (χ3v) is 6.42. The number of rotatable bonds is 7. The molecule has 1 heterocycles. The minimum atomic E-state index is -3.40. The minimum Gasteiger partial charge on any atom is -0.350 e. The van der Waals surface area contributed by atoms with E-state index in [4.69, 9.17) is 5.73 Å². The van der Waals surface area contributed by atoms with Crippen molar-refractivity contribution in [2.45, 2.75) is 56.4 Å². The van der Waals surface area contributed by atoms with Crippen LogP contribution in [0.15, 0.2) is 29.2 Å². The summed E-state index contributed by atoms with van der Waals surface area (Å²) in [6, 6.07) is 6.86. The summed E-state index contributed by atoms with van der Waals surface area (Å²) in [6.07, 6.45) is 3.85. The third kappa shape index (κ3) is 5.52. The molecule has 0 atom stereocenters. The Kier molecular flexibility index (Phi) is 6.59. The maximum atomic E-state index is 12.6. The number of piperidine rings is 1. The number of nitrogens with one attached hydrogen (secondary N) is 1. The second-order valence-electron chi connectivity index (χ2n) is 7.24. The molecule has 25 heavy (non-hydrogen) atoms. The van der Waals surface area contributed by atoms with Gasteiger partial charge in [0.1, 0.15) is 0 Å². The summed E-state index contributed by atoms with van der Waals surface area (Å²) in [5, 5.41) is 2.89. The van der Waals surface area contributed by atoms with Gasteiger partial charge in [0.25, 0.3) is 0 Å². The molecule has 0 radical (unpaired) electrons. The van der Waals surface area contributed by atoms with Crippen LogP contribution in [0.5, 0.6) is 0 Å². The van der Waals surface area contributed by atoms with Crippen molar-refractivity contribution in [2.75, 3.05) is 19.6 Å². The van der Waals surface area contributed by atoms with Gasteiger partial charge in [-0.25, -0.2) is 8.42 Å². The van der Waals surface area contributed by atoms with E-state index in [1.54, 1.807) is 28.6 Å². The van der Waals surface area contributed by atoms with Crippen molar-refractivity contribution < 1.29 is 13.2 Å². The van der Waals surface area contributed by atoms with Crippen molar-refractivity contribution in [3.63, 3.8) is 0 Å². The molecule has 1 aromatic rings. The topological polar surface area (TPSA) is 92.5 Å². The first-order chi connectivity index (χ1) is 11.7. The van der Waals surface area contributed by atoms with E-state index in [0.29, 0.717) is 37.4 Å². The summed E-state index contributed by atoms with van der Waals surface area (Å²) in [7, 11) is -3.40. The lowest BCUT2D eigenvalue weighted by molar-refractivity contribution is -0.122. The molecule has 0 aliphatic carbocycles. The molecule has 140 valence electrons. The van der Waals surface area contributed by atoms with Crippen LogP contribution in [0.1, 0.15) is 45.1 Å². The lowest BCUT2D eigenvalue weighted by atomic mass is 10.0. The van der Waals surface area contributed by atoms with Crippen LogP contribution in [-0.2, 0) is 21.2 Å². The highest BCUT2D eigenvalue weighted by molar-refractivity contribution is 7.89. The van der Waals surface area contributed by atoms with Crippen molar-refractivity contribution in [3.8, 4) is 0 Å². The van der Waals surface area contributed by atoms with Gasteiger partial charge in [0.05, 0.1) is 4.90 Å². The Morgan fingerprint density at radius 3 is 2.32 bits per heavy atom. The number of amides is 1. The summed E-state index contributed by atoms with van der Waals surface area (Å²) in [5.74, 6) is -0.0551. The highest BCUT2D eigenvalue weighted by atomic mass is 32.2. The van der Waals surface area contributed by atoms with Gasteiger partial charge in [-0.3, -0.25) is 4.79 Å². The van der Waals surface area contributed by atoms with Crippen LogP contribution < -0.4 is 11.1 Å². The predicted octanol–water partition coefficient (Wildman–Crippen LogP) is 1.65. The lowest BCUT2D eigenvalue weighted by Crippen LogP contribution is -2.48. The zero-order valence-electron chi connectivity index (χ0n) is 15.1. The van der Waals surface area contributed by atoms with E-state index in [9.17, 15) is 13.2 Å². The Labute approximate surface area is 150 Å². The van der Waals surface area contributed by atoms with Crippen LogP contribution in [0.25, 0.3) is 0 Å². The molecular formula is C18H29N3O3S. The van der Waals surface area contributed by atoms with Gasteiger partial charge in [0.2, 0.25) is 15.9 Å². The first-order valence-electron chi connectivity index (χ1n) is 8.85. The molecule has 1 amide bonds. The molecule has 1 aromatic carbocycles. The molecule has 7 heteroatoms. The first kappa shape index (κ1) is 19.9. The van der Waals surface area contributed by atoms with Gasteiger partial charge in [-0.1, -0.05) is 18.6 Å². The zero-order chi connectivity index (χ0) is 18.5. The Morgan fingerprint density at radius 2 is 1.76 bits per heavy atom. The average Bonchev–Trinajstić information content (AvgIpc) is 2.61. The molecule has 2 rings (SSSR count). The van der Waals surface area contributed by atoms with Gasteiger partial charge in [0.15, 0.2) is 0 Å². The summed E-state index contributed by atoms with van der Waals surface area (Å²) >= 11 is 0. The molecule has 1 aliphatic rings. The van der Waals surface area contributed by atoms with E-state index in [0.717, 1.165) is 24.8 Å². The molecule has 0 bridgehead atoms. The van der Waals surface area contributed by atoms with Crippen LogP contribution in [0.4, 0.5) is 0 Å². The summed E-state index contributed by atoms with van der Waals surface area (Å²) in [4.78, 5) is 12.3. The Hall–Kier alpha value is -1.44. The van der Waals surface area contributed by atoms with Crippen molar-refractivity contribution in [3.05, 3.63) is 29.8 Å². The Morgan fingerprint density at radius 1 is 1.16 bits per heavy atom. The monoisotopic (exact) mass is 367 g/mol. The van der Waals surface area contributed by atoms with Crippen LogP contribution in [0.3, 0.4) is 0 Å². The highest BCUT2D eigenvalue weighted by Gasteiger charge is 2.25. The number of carbonyl (C=O) groups is 1. The van der Waals surface area contributed by atoms with Gasteiger partial charge in [-0.2, -0.15) is 4.31 Å². The standard InChI is InChI=1S/C18H29N3O3S/c1-18(2,14-19)20-17(22)11-8-15-6-9-16(10-7-15)25(23,24)21-12-4-3-5-13-21/h6-7,9-10H,3-5,8,11-14,19H2,1-2H3,(H,20,22). The molecule has 0 aromatic heterocycles. The number of benzene rings is 1. The second kappa shape index (κ2) is 8.29. The molecule has 0 unspecified atom stereocenters. The van der Waals surface area contributed by atoms with Gasteiger partial charge < -0.3 is 11.1 Å². The SMILES string of the molecule is CC(C)(CN)NC(=O)CCc1ccc(S(=O)(=O)N2CCCCC2)cc1. The fourth-order valence-corrected chi connectivity index (χ4v) is 4.35. The fraction of sp³-hybridized carbons (Fsp3) is 0.611. The number of sulfonamides is 1. The van der Waals surface area contributed by atoms with Gasteiger partial charge in [-0.05, 0) is 50.8 Å². The average molecular weight is 368 g/mol. The number of carbonyl (C=O) groups excluding carboxylic acids is 1. The predicted molar refractivity (Wildman–Crippen MR) is 98.6 cm³/mol. The van der Waals surface area contributed by atoms with Gasteiger partial charge in [0, 0.05) is 31.6 Å².